The van der Waals surface area contributed by atoms with E-state index >= 15 is 0 Å². The van der Waals surface area contributed by atoms with Crippen molar-refractivity contribution < 1.29 is 14.3 Å². The number of halogens is 2. The van der Waals surface area contributed by atoms with E-state index in [1.54, 1.807) is 23.1 Å². The second-order valence-corrected chi connectivity index (χ2v) is 5.54. The fourth-order valence-corrected chi connectivity index (χ4v) is 2.84. The van der Waals surface area contributed by atoms with E-state index in [0.29, 0.717) is 35.1 Å². The maximum atomic E-state index is 12.2. The number of carbonyl (C=O) groups is 2. The summed E-state index contributed by atoms with van der Waals surface area (Å²) in [5.74, 6) is -0.576. The number of methoxy groups -OCH3 is 1. The number of esters is 1. The summed E-state index contributed by atoms with van der Waals surface area (Å²) in [5.41, 5.74) is 0.627. The zero-order valence-electron chi connectivity index (χ0n) is 11.1. The molecule has 0 aromatic heterocycles. The zero-order valence-corrected chi connectivity index (χ0v) is 12.6. The van der Waals surface area contributed by atoms with Crippen molar-refractivity contribution in [3.05, 3.63) is 33.8 Å². The Morgan fingerprint density at radius 1 is 1.35 bits per heavy atom. The van der Waals surface area contributed by atoms with E-state index < -0.39 is 0 Å². The molecule has 0 radical (unpaired) electrons. The van der Waals surface area contributed by atoms with Crippen molar-refractivity contribution in [2.24, 2.45) is 5.92 Å². The molecule has 0 bridgehead atoms. The highest BCUT2D eigenvalue weighted by atomic mass is 35.5. The summed E-state index contributed by atoms with van der Waals surface area (Å²) in [6, 6.07) is 5.15. The molecule has 6 heteroatoms. The van der Waals surface area contributed by atoms with Gasteiger partial charge in [0.05, 0.1) is 19.4 Å². The Balaban J connectivity index is 2.02. The van der Waals surface area contributed by atoms with E-state index in [4.69, 9.17) is 27.9 Å². The lowest BCUT2D eigenvalue weighted by Gasteiger charge is -2.17. The number of benzene rings is 1. The Morgan fingerprint density at radius 2 is 2.00 bits per heavy atom. The molecular formula is C14H15Cl2NO3. The summed E-state index contributed by atoms with van der Waals surface area (Å²) in [4.78, 5) is 25.3. The van der Waals surface area contributed by atoms with Crippen molar-refractivity contribution in [1.29, 1.82) is 0 Å². The first-order chi connectivity index (χ1) is 9.52. The fraction of sp³-hybridized carbons (Fsp3) is 0.429. The smallest absolute Gasteiger partial charge is 0.310 e. The largest absolute Gasteiger partial charge is 0.469 e. The molecule has 1 saturated heterocycles. The van der Waals surface area contributed by atoms with E-state index in [0.717, 1.165) is 0 Å². The molecule has 1 amide bonds. The molecule has 20 heavy (non-hydrogen) atoms. The van der Waals surface area contributed by atoms with Gasteiger partial charge in [0, 0.05) is 23.1 Å². The topological polar surface area (TPSA) is 46.6 Å². The lowest BCUT2D eigenvalue weighted by molar-refractivity contribution is -0.145. The molecule has 1 heterocycles. The Kier molecular flexibility index (Phi) is 4.89. The van der Waals surface area contributed by atoms with Crippen LogP contribution >= 0.6 is 23.2 Å². The van der Waals surface area contributed by atoms with Crippen LogP contribution in [0.2, 0.25) is 10.0 Å². The van der Waals surface area contributed by atoms with Gasteiger partial charge in [0.2, 0.25) is 5.91 Å². The fourth-order valence-electron chi connectivity index (χ4n) is 2.31. The van der Waals surface area contributed by atoms with Crippen LogP contribution in [0.1, 0.15) is 12.0 Å². The highest BCUT2D eigenvalue weighted by molar-refractivity contribution is 6.36. The van der Waals surface area contributed by atoms with Crippen LogP contribution in [-0.4, -0.2) is 37.0 Å². The summed E-state index contributed by atoms with van der Waals surface area (Å²) < 4.78 is 4.70. The van der Waals surface area contributed by atoms with Gasteiger partial charge in [0.15, 0.2) is 0 Å². The summed E-state index contributed by atoms with van der Waals surface area (Å²) in [5, 5.41) is 0.962. The van der Waals surface area contributed by atoms with Crippen LogP contribution < -0.4 is 0 Å². The number of nitrogens with zero attached hydrogens (tertiary/aromatic N) is 1. The molecule has 1 atom stereocenters. The van der Waals surface area contributed by atoms with Crippen molar-refractivity contribution in [2.75, 3.05) is 20.2 Å². The number of hydrogen-bond donors (Lipinski definition) is 0. The lowest BCUT2D eigenvalue weighted by Crippen LogP contribution is -2.31. The average molecular weight is 316 g/mol. The maximum absolute atomic E-state index is 12.2. The second kappa shape index (κ2) is 6.46. The number of hydrogen-bond acceptors (Lipinski definition) is 3. The molecule has 2 rings (SSSR count). The first kappa shape index (κ1) is 15.1. The molecule has 0 spiro atoms. The van der Waals surface area contributed by atoms with Gasteiger partial charge in [0.1, 0.15) is 0 Å². The van der Waals surface area contributed by atoms with Crippen LogP contribution in [0, 0.1) is 5.92 Å². The first-order valence-electron chi connectivity index (χ1n) is 6.31. The molecule has 0 saturated carbocycles. The van der Waals surface area contributed by atoms with E-state index in [2.05, 4.69) is 0 Å². The Labute approximate surface area is 127 Å². The molecule has 1 aromatic carbocycles. The zero-order chi connectivity index (χ0) is 14.7. The summed E-state index contributed by atoms with van der Waals surface area (Å²) in [6.45, 7) is 0.953. The van der Waals surface area contributed by atoms with Gasteiger partial charge in [-0.25, -0.2) is 0 Å². The molecule has 1 fully saturated rings. The third-order valence-corrected chi connectivity index (χ3v) is 4.17. The van der Waals surface area contributed by atoms with Gasteiger partial charge in [0.25, 0.3) is 0 Å². The Morgan fingerprint density at radius 3 is 2.60 bits per heavy atom. The first-order valence-corrected chi connectivity index (χ1v) is 7.07. The van der Waals surface area contributed by atoms with Crippen LogP contribution in [-0.2, 0) is 20.7 Å². The van der Waals surface area contributed by atoms with Gasteiger partial charge in [-0.1, -0.05) is 29.3 Å². The minimum absolute atomic E-state index is 0.0774. The van der Waals surface area contributed by atoms with Crippen LogP contribution in [0.3, 0.4) is 0 Å². The number of likely N-dealkylation sites (tertiary alicyclic amines) is 1. The van der Waals surface area contributed by atoms with Gasteiger partial charge in [-0.05, 0) is 24.1 Å². The standard InChI is InChI=1S/C14H15Cl2NO3/c1-20-14(19)9-5-6-17(8-9)13(18)7-10-11(15)3-2-4-12(10)16/h2-4,9H,5-8H2,1H3. The summed E-state index contributed by atoms with van der Waals surface area (Å²) >= 11 is 12.1. The van der Waals surface area contributed by atoms with Gasteiger partial charge in [-0.2, -0.15) is 0 Å². The predicted octanol–water partition coefficient (Wildman–Crippen LogP) is 2.56. The molecule has 4 nitrogen and oxygen atoms in total. The minimum atomic E-state index is -0.268. The number of carbonyl (C=O) groups excluding carboxylic acids is 2. The van der Waals surface area contributed by atoms with E-state index in [1.807, 2.05) is 0 Å². The Hall–Kier alpha value is -1.26. The highest BCUT2D eigenvalue weighted by Gasteiger charge is 2.31. The highest BCUT2D eigenvalue weighted by Crippen LogP contribution is 2.26. The van der Waals surface area contributed by atoms with Crippen molar-refractivity contribution in [1.82, 2.24) is 4.90 Å². The minimum Gasteiger partial charge on any atom is -0.469 e. The van der Waals surface area contributed by atoms with Crippen LogP contribution in [0.15, 0.2) is 18.2 Å². The van der Waals surface area contributed by atoms with Gasteiger partial charge >= 0.3 is 5.97 Å². The predicted molar refractivity (Wildman–Crippen MR) is 76.9 cm³/mol. The summed E-state index contributed by atoms with van der Waals surface area (Å²) in [6.07, 6.45) is 0.779. The third kappa shape index (κ3) is 3.25. The van der Waals surface area contributed by atoms with E-state index in [1.165, 1.54) is 7.11 Å². The molecule has 0 aliphatic carbocycles. The molecule has 108 valence electrons. The van der Waals surface area contributed by atoms with Crippen molar-refractivity contribution >= 4 is 35.1 Å². The number of rotatable bonds is 3. The summed E-state index contributed by atoms with van der Waals surface area (Å²) in [7, 11) is 1.36. The van der Waals surface area contributed by atoms with Gasteiger partial charge < -0.3 is 9.64 Å². The van der Waals surface area contributed by atoms with E-state index in [-0.39, 0.29) is 24.2 Å². The van der Waals surface area contributed by atoms with Crippen molar-refractivity contribution in [2.45, 2.75) is 12.8 Å². The van der Waals surface area contributed by atoms with Crippen molar-refractivity contribution in [3.8, 4) is 0 Å². The van der Waals surface area contributed by atoms with E-state index in [9.17, 15) is 9.59 Å². The van der Waals surface area contributed by atoms with Gasteiger partial charge in [-0.3, -0.25) is 9.59 Å². The number of amides is 1. The molecule has 1 aliphatic rings. The Bertz CT molecular complexity index is 513. The van der Waals surface area contributed by atoms with Crippen molar-refractivity contribution in [3.63, 3.8) is 0 Å². The van der Waals surface area contributed by atoms with Crippen LogP contribution in [0.4, 0.5) is 0 Å². The van der Waals surface area contributed by atoms with Crippen LogP contribution in [0.25, 0.3) is 0 Å². The van der Waals surface area contributed by atoms with Gasteiger partial charge in [-0.15, -0.1) is 0 Å². The molecule has 1 aliphatic heterocycles. The number of ether oxygens (including phenoxy) is 1. The lowest BCUT2D eigenvalue weighted by atomic mass is 10.1. The monoisotopic (exact) mass is 315 g/mol. The maximum Gasteiger partial charge on any atom is 0.310 e. The molecule has 1 aromatic rings. The molecule has 0 N–H and O–H groups in total. The van der Waals surface area contributed by atoms with Crippen LogP contribution in [0.5, 0.6) is 0 Å². The average Bonchev–Trinajstić information content (AvgIpc) is 2.92. The third-order valence-electron chi connectivity index (χ3n) is 3.47. The molecule has 1 unspecified atom stereocenters. The second-order valence-electron chi connectivity index (χ2n) is 4.73. The normalized spacial score (nSPS) is 18.1. The molecular weight excluding hydrogens is 301 g/mol. The quantitative estimate of drug-likeness (QED) is 0.805. The SMILES string of the molecule is COC(=O)C1CCN(C(=O)Cc2c(Cl)cccc2Cl)C1.